The smallest absolute Gasteiger partial charge is 0.151 e. The van der Waals surface area contributed by atoms with E-state index in [9.17, 15) is 0 Å². The van der Waals surface area contributed by atoms with Crippen molar-refractivity contribution in [3.63, 3.8) is 0 Å². The highest BCUT2D eigenvalue weighted by Crippen LogP contribution is 2.34. The Bertz CT molecular complexity index is 388. The lowest BCUT2D eigenvalue weighted by Gasteiger charge is -2.36. The standard InChI is InChI=1S/C13H23N5/c1-17-9-15-13(16-17)5-6-14-10-7-11-3-4-12(8-10)18(11)2/h9-12,14H,3-8H2,1-2H3. The molecule has 0 aliphatic carbocycles. The minimum absolute atomic E-state index is 0.697. The predicted octanol–water partition coefficient (Wildman–Crippen LogP) is 0.572. The second-order valence-corrected chi connectivity index (χ2v) is 5.76. The number of fused-ring (bicyclic) bond motifs is 2. The Morgan fingerprint density at radius 3 is 2.61 bits per heavy atom. The second-order valence-electron chi connectivity index (χ2n) is 5.76. The van der Waals surface area contributed by atoms with Crippen molar-refractivity contribution in [3.8, 4) is 0 Å². The molecule has 0 spiro atoms. The molecule has 2 aliphatic heterocycles. The first-order valence-corrected chi connectivity index (χ1v) is 7.02. The number of aryl methyl sites for hydroxylation is 1. The van der Waals surface area contributed by atoms with Crippen LogP contribution in [0.25, 0.3) is 0 Å². The van der Waals surface area contributed by atoms with Crippen molar-refractivity contribution >= 4 is 0 Å². The van der Waals surface area contributed by atoms with Gasteiger partial charge in [0.2, 0.25) is 0 Å². The fourth-order valence-electron chi connectivity index (χ4n) is 3.46. The molecule has 0 aromatic carbocycles. The third-order valence-electron chi connectivity index (χ3n) is 4.53. The molecular weight excluding hydrogens is 226 g/mol. The molecule has 2 atom stereocenters. The molecule has 1 aromatic rings. The van der Waals surface area contributed by atoms with Gasteiger partial charge in [0, 0.05) is 38.1 Å². The van der Waals surface area contributed by atoms with Crippen molar-refractivity contribution in [2.45, 2.75) is 50.2 Å². The highest BCUT2D eigenvalue weighted by molar-refractivity contribution is 4.96. The van der Waals surface area contributed by atoms with Crippen LogP contribution in [0.1, 0.15) is 31.5 Å². The molecule has 0 radical (unpaired) electrons. The van der Waals surface area contributed by atoms with Crippen LogP contribution in [0.4, 0.5) is 0 Å². The summed E-state index contributed by atoms with van der Waals surface area (Å²) in [5, 5.41) is 7.99. The first-order chi connectivity index (χ1) is 8.72. The van der Waals surface area contributed by atoms with Crippen LogP contribution < -0.4 is 5.32 Å². The molecule has 5 nitrogen and oxygen atoms in total. The van der Waals surface area contributed by atoms with Crippen LogP contribution >= 0.6 is 0 Å². The van der Waals surface area contributed by atoms with Crippen LogP contribution in [0.5, 0.6) is 0 Å². The molecular formula is C13H23N5. The van der Waals surface area contributed by atoms with Gasteiger partial charge < -0.3 is 10.2 Å². The number of rotatable bonds is 4. The number of aromatic nitrogens is 3. The van der Waals surface area contributed by atoms with E-state index in [1.54, 1.807) is 11.0 Å². The van der Waals surface area contributed by atoms with Crippen molar-refractivity contribution in [2.75, 3.05) is 13.6 Å². The largest absolute Gasteiger partial charge is 0.313 e. The third kappa shape index (κ3) is 2.42. The zero-order valence-corrected chi connectivity index (χ0v) is 11.3. The number of nitrogens with one attached hydrogen (secondary N) is 1. The maximum atomic E-state index is 4.30. The van der Waals surface area contributed by atoms with Gasteiger partial charge in [-0.2, -0.15) is 5.10 Å². The summed E-state index contributed by atoms with van der Waals surface area (Å²) in [6.07, 6.45) is 8.10. The van der Waals surface area contributed by atoms with E-state index >= 15 is 0 Å². The third-order valence-corrected chi connectivity index (χ3v) is 4.53. The van der Waals surface area contributed by atoms with Crippen LogP contribution in [-0.2, 0) is 13.5 Å². The normalized spacial score (nSPS) is 32.0. The zero-order valence-electron chi connectivity index (χ0n) is 11.3. The molecule has 3 heterocycles. The van der Waals surface area contributed by atoms with Crippen LogP contribution in [0.15, 0.2) is 6.33 Å². The second kappa shape index (κ2) is 4.97. The fraction of sp³-hybridized carbons (Fsp3) is 0.846. The summed E-state index contributed by atoms with van der Waals surface area (Å²) < 4.78 is 1.77. The Balaban J connectivity index is 1.44. The summed E-state index contributed by atoms with van der Waals surface area (Å²) in [6, 6.07) is 2.32. The van der Waals surface area contributed by atoms with E-state index in [1.807, 2.05) is 7.05 Å². The highest BCUT2D eigenvalue weighted by atomic mass is 15.3. The van der Waals surface area contributed by atoms with E-state index in [1.165, 1.54) is 25.7 Å². The average molecular weight is 249 g/mol. The van der Waals surface area contributed by atoms with Crippen molar-refractivity contribution < 1.29 is 0 Å². The SMILES string of the molecule is CN1C2CCC1CC(NCCc1ncn(C)n1)C2. The van der Waals surface area contributed by atoms with Gasteiger partial charge in [-0.05, 0) is 32.7 Å². The fourth-order valence-corrected chi connectivity index (χ4v) is 3.46. The first-order valence-electron chi connectivity index (χ1n) is 7.02. The first kappa shape index (κ1) is 12.1. The van der Waals surface area contributed by atoms with Gasteiger partial charge in [0.05, 0.1) is 0 Å². The summed E-state index contributed by atoms with van der Waals surface area (Å²) in [5.74, 6) is 0.945. The average Bonchev–Trinajstić information content (AvgIpc) is 2.82. The van der Waals surface area contributed by atoms with Crippen molar-refractivity contribution in [1.82, 2.24) is 25.0 Å². The summed E-state index contributed by atoms with van der Waals surface area (Å²) in [5.41, 5.74) is 0. The maximum absolute atomic E-state index is 4.30. The molecule has 100 valence electrons. The lowest BCUT2D eigenvalue weighted by atomic mass is 9.98. The van der Waals surface area contributed by atoms with Gasteiger partial charge in [-0.15, -0.1) is 0 Å². The van der Waals surface area contributed by atoms with E-state index < -0.39 is 0 Å². The van der Waals surface area contributed by atoms with Crippen LogP contribution in [0, 0.1) is 0 Å². The number of hydrogen-bond donors (Lipinski definition) is 1. The van der Waals surface area contributed by atoms with Gasteiger partial charge >= 0.3 is 0 Å². The molecule has 1 N–H and O–H groups in total. The van der Waals surface area contributed by atoms with E-state index in [2.05, 4.69) is 27.3 Å². The van der Waals surface area contributed by atoms with Gasteiger partial charge in [-0.1, -0.05) is 0 Å². The maximum Gasteiger partial charge on any atom is 0.151 e. The quantitative estimate of drug-likeness (QED) is 0.847. The summed E-state index contributed by atoms with van der Waals surface area (Å²) in [7, 11) is 4.20. The predicted molar refractivity (Wildman–Crippen MR) is 70.3 cm³/mol. The molecule has 2 bridgehead atoms. The van der Waals surface area contributed by atoms with Gasteiger partial charge in [-0.3, -0.25) is 4.68 Å². The highest BCUT2D eigenvalue weighted by Gasteiger charge is 2.37. The lowest BCUT2D eigenvalue weighted by Crippen LogP contribution is -2.47. The Morgan fingerprint density at radius 1 is 1.28 bits per heavy atom. The van der Waals surface area contributed by atoms with E-state index in [0.717, 1.165) is 30.9 Å². The van der Waals surface area contributed by atoms with Crippen LogP contribution in [-0.4, -0.2) is 51.4 Å². The number of piperidine rings is 1. The molecule has 2 fully saturated rings. The van der Waals surface area contributed by atoms with Gasteiger partial charge in [0.1, 0.15) is 6.33 Å². The minimum atomic E-state index is 0.697. The van der Waals surface area contributed by atoms with E-state index in [4.69, 9.17) is 0 Å². The lowest BCUT2D eigenvalue weighted by molar-refractivity contribution is 0.149. The van der Waals surface area contributed by atoms with Crippen molar-refractivity contribution in [2.24, 2.45) is 7.05 Å². The molecule has 0 amide bonds. The Morgan fingerprint density at radius 2 is 2.00 bits per heavy atom. The molecule has 2 unspecified atom stereocenters. The van der Waals surface area contributed by atoms with Crippen molar-refractivity contribution in [3.05, 3.63) is 12.2 Å². The van der Waals surface area contributed by atoms with Gasteiger partial charge in [0.15, 0.2) is 5.82 Å². The number of nitrogens with zero attached hydrogens (tertiary/aromatic N) is 4. The van der Waals surface area contributed by atoms with Gasteiger partial charge in [-0.25, -0.2) is 4.98 Å². The Kier molecular flexibility index (Phi) is 3.35. The van der Waals surface area contributed by atoms with E-state index in [-0.39, 0.29) is 0 Å². The molecule has 5 heteroatoms. The van der Waals surface area contributed by atoms with Crippen LogP contribution in [0.2, 0.25) is 0 Å². The molecule has 3 rings (SSSR count). The summed E-state index contributed by atoms with van der Waals surface area (Å²) >= 11 is 0. The summed E-state index contributed by atoms with van der Waals surface area (Å²) in [6.45, 7) is 0.998. The van der Waals surface area contributed by atoms with Gasteiger partial charge in [0.25, 0.3) is 0 Å². The van der Waals surface area contributed by atoms with E-state index in [0.29, 0.717) is 6.04 Å². The molecule has 2 saturated heterocycles. The zero-order chi connectivity index (χ0) is 12.5. The molecule has 1 aromatic heterocycles. The van der Waals surface area contributed by atoms with Crippen molar-refractivity contribution in [1.29, 1.82) is 0 Å². The monoisotopic (exact) mass is 249 g/mol. The topological polar surface area (TPSA) is 46.0 Å². The minimum Gasteiger partial charge on any atom is -0.313 e. The summed E-state index contributed by atoms with van der Waals surface area (Å²) in [4.78, 5) is 6.84. The molecule has 18 heavy (non-hydrogen) atoms. The Hall–Kier alpha value is -0.940. The Labute approximate surface area is 109 Å². The number of hydrogen-bond acceptors (Lipinski definition) is 4. The molecule has 2 aliphatic rings. The molecule has 0 saturated carbocycles. The van der Waals surface area contributed by atoms with Crippen LogP contribution in [0.3, 0.4) is 0 Å².